The Bertz CT molecular complexity index is 403. The highest BCUT2D eigenvalue weighted by Gasteiger charge is 2.23. The minimum atomic E-state index is -0.455. The fourth-order valence-corrected chi connectivity index (χ4v) is 2.52. The van der Waals surface area contributed by atoms with Crippen molar-refractivity contribution in [2.24, 2.45) is 0 Å². The standard InChI is InChI=1S/C14H20ClNO3.C2H6/c1-18-10-13(17)8-16-5-6-19-14(9-16)11-3-2-4-12(15)7-11;1-2/h2-4,7,13-14,17H,5-6,8-10H2,1H3;1-2H3. The lowest BCUT2D eigenvalue weighted by Gasteiger charge is -2.34. The third-order valence-corrected chi connectivity index (χ3v) is 3.43. The van der Waals surface area contributed by atoms with Gasteiger partial charge in [-0.25, -0.2) is 0 Å². The van der Waals surface area contributed by atoms with Crippen LogP contribution in [0.1, 0.15) is 25.5 Å². The number of halogens is 1. The number of benzene rings is 1. The molecule has 5 heteroatoms. The quantitative estimate of drug-likeness (QED) is 0.907. The summed E-state index contributed by atoms with van der Waals surface area (Å²) in [4.78, 5) is 2.19. The first-order valence-electron chi connectivity index (χ1n) is 7.45. The number of β-amino-alcohol motifs (C(OH)–C–C–N with tert-alkyl or cyclic N) is 1. The van der Waals surface area contributed by atoms with Crippen molar-refractivity contribution in [2.45, 2.75) is 26.1 Å². The topological polar surface area (TPSA) is 41.9 Å². The summed E-state index contributed by atoms with van der Waals surface area (Å²) >= 11 is 6.00. The Labute approximate surface area is 132 Å². The van der Waals surface area contributed by atoms with E-state index in [4.69, 9.17) is 21.1 Å². The van der Waals surface area contributed by atoms with Crippen LogP contribution in [-0.4, -0.2) is 56.1 Å². The number of ether oxygens (including phenoxy) is 2. The first kappa shape index (κ1) is 18.4. The third-order valence-electron chi connectivity index (χ3n) is 3.20. The van der Waals surface area contributed by atoms with Gasteiger partial charge in [0.05, 0.1) is 25.4 Å². The molecule has 1 N–H and O–H groups in total. The van der Waals surface area contributed by atoms with E-state index < -0.39 is 6.10 Å². The van der Waals surface area contributed by atoms with Crippen molar-refractivity contribution in [3.8, 4) is 0 Å². The summed E-state index contributed by atoms with van der Waals surface area (Å²) in [7, 11) is 1.59. The minimum Gasteiger partial charge on any atom is -0.389 e. The second-order valence-electron chi connectivity index (χ2n) is 4.78. The van der Waals surface area contributed by atoms with Gasteiger partial charge in [0.15, 0.2) is 0 Å². The number of nitrogens with zero attached hydrogens (tertiary/aromatic N) is 1. The molecule has 1 aliphatic rings. The molecule has 2 rings (SSSR count). The summed E-state index contributed by atoms with van der Waals surface area (Å²) in [6.07, 6.45) is -0.440. The van der Waals surface area contributed by atoms with Gasteiger partial charge in [-0.1, -0.05) is 37.6 Å². The smallest absolute Gasteiger partial charge is 0.0952 e. The molecule has 2 unspecified atom stereocenters. The number of methoxy groups -OCH3 is 1. The molecule has 0 radical (unpaired) electrons. The van der Waals surface area contributed by atoms with Gasteiger partial charge < -0.3 is 14.6 Å². The van der Waals surface area contributed by atoms with E-state index in [1.165, 1.54) is 0 Å². The molecule has 4 nitrogen and oxygen atoms in total. The maximum atomic E-state index is 9.77. The predicted molar refractivity (Wildman–Crippen MR) is 85.8 cm³/mol. The summed E-state index contributed by atoms with van der Waals surface area (Å²) in [6.45, 7) is 7.23. The normalized spacial score (nSPS) is 20.5. The highest BCUT2D eigenvalue weighted by Crippen LogP contribution is 2.24. The van der Waals surface area contributed by atoms with Crippen LogP contribution in [0.5, 0.6) is 0 Å². The average Bonchev–Trinajstić information content (AvgIpc) is 2.50. The molecule has 2 atom stereocenters. The Morgan fingerprint density at radius 3 is 2.90 bits per heavy atom. The van der Waals surface area contributed by atoms with E-state index in [0.717, 1.165) is 23.7 Å². The van der Waals surface area contributed by atoms with Crippen LogP contribution >= 0.6 is 11.6 Å². The van der Waals surface area contributed by atoms with Gasteiger partial charge in [0, 0.05) is 31.8 Å². The molecule has 0 spiro atoms. The largest absolute Gasteiger partial charge is 0.389 e. The fraction of sp³-hybridized carbons (Fsp3) is 0.625. The van der Waals surface area contributed by atoms with E-state index >= 15 is 0 Å². The highest BCUT2D eigenvalue weighted by atomic mass is 35.5. The summed E-state index contributed by atoms with van der Waals surface area (Å²) in [5, 5.41) is 10.5. The zero-order chi connectivity index (χ0) is 15.7. The van der Waals surface area contributed by atoms with Crippen LogP contribution in [0.25, 0.3) is 0 Å². The second kappa shape index (κ2) is 10.1. The van der Waals surface area contributed by atoms with Gasteiger partial charge in [-0.05, 0) is 17.7 Å². The zero-order valence-corrected chi connectivity index (χ0v) is 13.8. The van der Waals surface area contributed by atoms with Crippen molar-refractivity contribution in [2.75, 3.05) is 40.0 Å². The van der Waals surface area contributed by atoms with Gasteiger partial charge in [0.2, 0.25) is 0 Å². The van der Waals surface area contributed by atoms with Crippen LogP contribution in [0.3, 0.4) is 0 Å². The number of morpholine rings is 1. The van der Waals surface area contributed by atoms with Crippen LogP contribution in [0, 0.1) is 0 Å². The van der Waals surface area contributed by atoms with Gasteiger partial charge in [-0.2, -0.15) is 0 Å². The number of aliphatic hydroxyl groups is 1. The first-order chi connectivity index (χ1) is 10.2. The van der Waals surface area contributed by atoms with Crippen molar-refractivity contribution >= 4 is 11.6 Å². The molecule has 1 aromatic rings. The van der Waals surface area contributed by atoms with Crippen LogP contribution in [0.15, 0.2) is 24.3 Å². The first-order valence-corrected chi connectivity index (χ1v) is 7.83. The highest BCUT2D eigenvalue weighted by molar-refractivity contribution is 6.30. The van der Waals surface area contributed by atoms with E-state index in [1.54, 1.807) is 7.11 Å². The van der Waals surface area contributed by atoms with Crippen molar-refractivity contribution < 1.29 is 14.6 Å². The lowest BCUT2D eigenvalue weighted by molar-refractivity contribution is -0.0494. The molecule has 0 aromatic heterocycles. The molecule has 0 aliphatic carbocycles. The molecule has 21 heavy (non-hydrogen) atoms. The molecule has 120 valence electrons. The Kier molecular flexibility index (Phi) is 8.88. The summed E-state index contributed by atoms with van der Waals surface area (Å²) in [5.41, 5.74) is 1.08. The molecule has 0 saturated carbocycles. The molecule has 1 saturated heterocycles. The number of hydrogen-bond acceptors (Lipinski definition) is 4. The van der Waals surface area contributed by atoms with Crippen LogP contribution < -0.4 is 0 Å². The lowest BCUT2D eigenvalue weighted by atomic mass is 10.1. The summed E-state index contributed by atoms with van der Waals surface area (Å²) in [6, 6.07) is 7.74. The molecule has 1 heterocycles. The second-order valence-corrected chi connectivity index (χ2v) is 5.22. The molecular formula is C16H26ClNO3. The van der Waals surface area contributed by atoms with Crippen molar-refractivity contribution in [3.63, 3.8) is 0 Å². The van der Waals surface area contributed by atoms with Gasteiger partial charge in [0.1, 0.15) is 0 Å². The summed E-state index contributed by atoms with van der Waals surface area (Å²) < 4.78 is 10.7. The van der Waals surface area contributed by atoms with E-state index in [-0.39, 0.29) is 6.10 Å². The van der Waals surface area contributed by atoms with Gasteiger partial charge in [0.25, 0.3) is 0 Å². The number of aliphatic hydroxyl groups excluding tert-OH is 1. The van der Waals surface area contributed by atoms with Crippen molar-refractivity contribution in [1.82, 2.24) is 4.90 Å². The van der Waals surface area contributed by atoms with E-state index in [0.29, 0.717) is 19.8 Å². The average molecular weight is 316 g/mol. The number of rotatable bonds is 5. The van der Waals surface area contributed by atoms with Crippen LogP contribution in [0.4, 0.5) is 0 Å². The summed E-state index contributed by atoms with van der Waals surface area (Å²) in [5.74, 6) is 0. The van der Waals surface area contributed by atoms with E-state index in [2.05, 4.69) is 4.90 Å². The van der Waals surface area contributed by atoms with E-state index in [9.17, 15) is 5.11 Å². The third kappa shape index (κ3) is 6.32. The van der Waals surface area contributed by atoms with Gasteiger partial charge in [-0.15, -0.1) is 0 Å². The maximum Gasteiger partial charge on any atom is 0.0952 e. The molecular weight excluding hydrogens is 290 g/mol. The van der Waals surface area contributed by atoms with E-state index in [1.807, 2.05) is 38.1 Å². The van der Waals surface area contributed by atoms with Gasteiger partial charge in [-0.3, -0.25) is 4.90 Å². The molecule has 1 fully saturated rings. The minimum absolute atomic E-state index is 0.0159. The Morgan fingerprint density at radius 2 is 2.24 bits per heavy atom. The van der Waals surface area contributed by atoms with Crippen LogP contribution in [0.2, 0.25) is 5.02 Å². The zero-order valence-electron chi connectivity index (χ0n) is 13.1. The Balaban J connectivity index is 0.00000106. The Hall–Kier alpha value is -0.650. The van der Waals surface area contributed by atoms with Crippen molar-refractivity contribution in [3.05, 3.63) is 34.9 Å². The fourth-order valence-electron chi connectivity index (χ4n) is 2.32. The maximum absolute atomic E-state index is 9.77. The van der Waals surface area contributed by atoms with Crippen molar-refractivity contribution in [1.29, 1.82) is 0 Å². The molecule has 1 aliphatic heterocycles. The monoisotopic (exact) mass is 315 g/mol. The molecule has 0 amide bonds. The Morgan fingerprint density at radius 1 is 1.48 bits per heavy atom. The van der Waals surface area contributed by atoms with Crippen LogP contribution in [-0.2, 0) is 9.47 Å². The lowest BCUT2D eigenvalue weighted by Crippen LogP contribution is -2.43. The predicted octanol–water partition coefficient (Wildman–Crippen LogP) is 2.75. The SMILES string of the molecule is CC.COCC(O)CN1CCOC(c2cccc(Cl)c2)C1. The molecule has 1 aromatic carbocycles. The molecule has 0 bridgehead atoms. The number of hydrogen-bond donors (Lipinski definition) is 1. The van der Waals surface area contributed by atoms with Gasteiger partial charge >= 0.3 is 0 Å².